The number of carboxylic acid groups (broad SMARTS) is 1. The van der Waals surface area contributed by atoms with Crippen LogP contribution >= 0.6 is 0 Å². The van der Waals surface area contributed by atoms with E-state index in [1.165, 1.54) is 54.7 Å². The third-order valence-electron chi connectivity index (χ3n) is 6.55. The first-order valence-corrected chi connectivity index (χ1v) is 12.9. The maximum atomic E-state index is 15.1. The number of aromatic nitrogens is 1. The molecule has 1 fully saturated rings. The van der Waals surface area contributed by atoms with Crippen LogP contribution in [-0.4, -0.2) is 41.1 Å². The van der Waals surface area contributed by atoms with Gasteiger partial charge in [0.25, 0.3) is 0 Å². The molecule has 3 N–H and O–H groups in total. The van der Waals surface area contributed by atoms with Gasteiger partial charge in [-0.1, -0.05) is 0 Å². The zero-order valence-electron chi connectivity index (χ0n) is 24.3. The number of hydrogen-bond donors (Lipinski definition) is 3. The van der Waals surface area contributed by atoms with Gasteiger partial charge in [-0.3, -0.25) is 14.6 Å². The maximum absolute atomic E-state index is 15.1. The van der Waals surface area contributed by atoms with Gasteiger partial charge in [-0.2, -0.15) is 0 Å². The van der Waals surface area contributed by atoms with Crippen molar-refractivity contribution in [1.29, 1.82) is 0 Å². The summed E-state index contributed by atoms with van der Waals surface area (Å²) in [6.07, 6.45) is 2.08. The number of nitrogens with one attached hydrogen (secondary N) is 2. The van der Waals surface area contributed by atoms with Crippen molar-refractivity contribution in [1.82, 2.24) is 4.98 Å². The van der Waals surface area contributed by atoms with Crippen molar-refractivity contribution < 1.29 is 73.5 Å². The minimum Gasteiger partial charge on any atom is -1.00 e. The van der Waals surface area contributed by atoms with Crippen LogP contribution < -0.4 is 54.4 Å². The molecule has 0 unspecified atom stereocenters. The average molecular weight is 602 g/mol. The normalized spacial score (nSPS) is 12.9. The predicted octanol–water partition coefficient (Wildman–Crippen LogP) is 2.64. The van der Waals surface area contributed by atoms with E-state index in [1.807, 2.05) is 0 Å². The largest absolute Gasteiger partial charge is 1.00 e. The molecule has 1 aliphatic rings. The summed E-state index contributed by atoms with van der Waals surface area (Å²) in [7, 11) is 0. The van der Waals surface area contributed by atoms with Crippen molar-refractivity contribution >= 4 is 40.1 Å². The summed E-state index contributed by atoms with van der Waals surface area (Å²) in [5.41, 5.74) is -0.422. The molecule has 1 heterocycles. The molecular formula is C30H26F2N3NaO7. The number of carbonyl (C=O) groups excluding carboxylic acids is 2. The molecule has 0 spiro atoms. The van der Waals surface area contributed by atoms with Gasteiger partial charge in [0.05, 0.1) is 12.1 Å². The number of hydrogen-bond acceptors (Lipinski definition) is 7. The van der Waals surface area contributed by atoms with E-state index in [-0.39, 0.29) is 66.3 Å². The molecule has 0 saturated heterocycles. The molecule has 5 rings (SSSR count). The summed E-state index contributed by atoms with van der Waals surface area (Å²) >= 11 is 0. The number of benzene rings is 3. The van der Waals surface area contributed by atoms with Gasteiger partial charge < -0.3 is 31.4 Å². The summed E-state index contributed by atoms with van der Waals surface area (Å²) in [6.45, 7) is 1.46. The average Bonchev–Trinajstić information content (AvgIpc) is 3.77. The van der Waals surface area contributed by atoms with Gasteiger partial charge in [0.2, 0.25) is 11.8 Å². The molecule has 218 valence electrons. The van der Waals surface area contributed by atoms with Crippen molar-refractivity contribution in [2.75, 3.05) is 23.8 Å². The Hall–Kier alpha value is -4.26. The number of nitrogens with zero attached hydrogens (tertiary/aromatic N) is 1. The minimum atomic E-state index is -1.30. The number of aliphatic carboxylic acids is 1. The second-order valence-electron chi connectivity index (χ2n) is 9.49. The summed E-state index contributed by atoms with van der Waals surface area (Å²) in [6, 6.07) is 13.6. The maximum Gasteiger partial charge on any atom is 1.00 e. The fourth-order valence-corrected chi connectivity index (χ4v) is 4.23. The van der Waals surface area contributed by atoms with E-state index >= 15 is 4.39 Å². The van der Waals surface area contributed by atoms with Crippen LogP contribution in [0.4, 0.5) is 20.2 Å². The monoisotopic (exact) mass is 601 g/mol. The van der Waals surface area contributed by atoms with Crippen LogP contribution in [0, 0.1) is 17.0 Å². The van der Waals surface area contributed by atoms with E-state index in [0.29, 0.717) is 29.4 Å². The third kappa shape index (κ3) is 7.22. The van der Waals surface area contributed by atoms with Crippen LogP contribution in [0.3, 0.4) is 0 Å². The quantitative estimate of drug-likeness (QED) is 0.176. The number of pyridine rings is 1. The predicted molar refractivity (Wildman–Crippen MR) is 149 cm³/mol. The van der Waals surface area contributed by atoms with Crippen molar-refractivity contribution in [3.05, 3.63) is 78.5 Å². The first-order chi connectivity index (χ1) is 20.2. The molecule has 1 aromatic heterocycles. The van der Waals surface area contributed by atoms with Gasteiger partial charge in [-0.25, -0.2) is 13.6 Å². The number of anilines is 2. The standard InChI is InChI=1S/C30H25F2N3O7.Na.H/c1-2-40-25-14-20-22(15-26(25)41-16-27(36)37)33-12-9-23(20)42-24-8-7-19(13-21(24)32)35-29(39)30(10-11-30)28(38)34-18-5-3-17(31)4-6-18;;/h3-9,12-15H,2,10-11,16H2,1H3,(H,34,38)(H,35,39)(H,36,37);;/q;+1;-1. The van der Waals surface area contributed by atoms with Crippen LogP contribution in [0.25, 0.3) is 10.9 Å². The Kier molecular flexibility index (Phi) is 9.84. The van der Waals surface area contributed by atoms with Crippen LogP contribution in [0.2, 0.25) is 0 Å². The Balaban J connectivity index is 0.00000264. The fourth-order valence-electron chi connectivity index (χ4n) is 4.23. The number of ether oxygens (including phenoxy) is 3. The molecule has 0 aliphatic heterocycles. The molecule has 0 radical (unpaired) electrons. The zero-order chi connectivity index (χ0) is 29.9. The van der Waals surface area contributed by atoms with Crippen molar-refractivity contribution in [3.63, 3.8) is 0 Å². The smallest absolute Gasteiger partial charge is 1.00 e. The van der Waals surface area contributed by atoms with E-state index in [4.69, 9.17) is 19.3 Å². The number of rotatable bonds is 11. The van der Waals surface area contributed by atoms with E-state index in [1.54, 1.807) is 13.0 Å². The molecule has 1 saturated carbocycles. The Labute approximate surface area is 268 Å². The second-order valence-corrected chi connectivity index (χ2v) is 9.49. The first-order valence-electron chi connectivity index (χ1n) is 12.9. The molecular weight excluding hydrogens is 575 g/mol. The molecule has 43 heavy (non-hydrogen) atoms. The second kappa shape index (κ2) is 13.4. The zero-order valence-corrected chi connectivity index (χ0v) is 25.3. The topological polar surface area (TPSA) is 136 Å². The van der Waals surface area contributed by atoms with Crippen LogP contribution in [0.1, 0.15) is 21.2 Å². The summed E-state index contributed by atoms with van der Waals surface area (Å²) in [4.78, 5) is 41.0. The summed E-state index contributed by atoms with van der Waals surface area (Å²) < 4.78 is 45.0. The molecule has 2 amide bonds. The Morgan fingerprint density at radius 3 is 2.16 bits per heavy atom. The minimum absolute atomic E-state index is 0. The number of fused-ring (bicyclic) bond motifs is 1. The van der Waals surface area contributed by atoms with Gasteiger partial charge in [-0.15, -0.1) is 0 Å². The van der Waals surface area contributed by atoms with Gasteiger partial charge in [0.15, 0.2) is 29.7 Å². The number of carboxylic acids is 1. The van der Waals surface area contributed by atoms with E-state index in [0.717, 1.165) is 6.07 Å². The number of halogens is 2. The molecule has 3 aromatic carbocycles. The van der Waals surface area contributed by atoms with Crippen LogP contribution in [-0.2, 0) is 14.4 Å². The molecule has 13 heteroatoms. The molecule has 1 aliphatic carbocycles. The SMILES string of the molecule is CCOc1cc2c(Oc3ccc(NC(=O)C4(C(=O)Nc5ccc(F)cc5)CC4)cc3F)ccnc2cc1OCC(=O)O.[H-].[Na+]. The Morgan fingerprint density at radius 2 is 1.53 bits per heavy atom. The fraction of sp³-hybridized carbons (Fsp3) is 0.200. The van der Waals surface area contributed by atoms with Crippen molar-refractivity contribution in [2.24, 2.45) is 5.41 Å². The number of carbonyl (C=O) groups is 3. The van der Waals surface area contributed by atoms with Crippen LogP contribution in [0.5, 0.6) is 23.0 Å². The van der Waals surface area contributed by atoms with E-state index in [2.05, 4.69) is 15.6 Å². The van der Waals surface area contributed by atoms with E-state index in [9.17, 15) is 18.8 Å². The molecule has 0 atom stereocenters. The Bertz CT molecular complexity index is 1690. The van der Waals surface area contributed by atoms with Gasteiger partial charge in [-0.05, 0) is 68.3 Å². The van der Waals surface area contributed by atoms with Gasteiger partial charge in [0, 0.05) is 35.1 Å². The Morgan fingerprint density at radius 1 is 0.884 bits per heavy atom. The molecule has 4 aromatic rings. The molecule has 0 bridgehead atoms. The van der Waals surface area contributed by atoms with Gasteiger partial charge in [0.1, 0.15) is 17.0 Å². The van der Waals surface area contributed by atoms with Crippen molar-refractivity contribution in [2.45, 2.75) is 19.8 Å². The summed E-state index contributed by atoms with van der Waals surface area (Å²) in [5, 5.41) is 14.6. The van der Waals surface area contributed by atoms with Crippen LogP contribution in [0.15, 0.2) is 66.9 Å². The first kappa shape index (κ1) is 31.7. The number of amides is 2. The summed E-state index contributed by atoms with van der Waals surface area (Å²) in [5.74, 6) is -2.94. The molecule has 10 nitrogen and oxygen atoms in total. The van der Waals surface area contributed by atoms with Crippen molar-refractivity contribution in [3.8, 4) is 23.0 Å². The van der Waals surface area contributed by atoms with Gasteiger partial charge >= 0.3 is 35.5 Å². The third-order valence-corrected chi connectivity index (χ3v) is 6.55. The van der Waals surface area contributed by atoms with E-state index < -0.39 is 41.4 Å².